The Balaban J connectivity index is 2.47. The first-order chi connectivity index (χ1) is 13.1. The van der Waals surface area contributed by atoms with Gasteiger partial charge >= 0.3 is 0 Å². The maximum absolute atomic E-state index is 13.2. The lowest BCUT2D eigenvalue weighted by atomic mass is 9.98. The summed E-state index contributed by atoms with van der Waals surface area (Å²) in [5.74, 6) is -0.154. The van der Waals surface area contributed by atoms with E-state index in [1.54, 1.807) is 31.2 Å². The Kier molecular flexibility index (Phi) is 7.12. The van der Waals surface area contributed by atoms with E-state index in [0.717, 1.165) is 27.4 Å². The van der Waals surface area contributed by atoms with E-state index in [1.807, 2.05) is 25.1 Å². The fourth-order valence-corrected chi connectivity index (χ4v) is 4.61. The molecule has 2 rings (SSSR count). The van der Waals surface area contributed by atoms with Gasteiger partial charge in [0.25, 0.3) is 0 Å². The van der Waals surface area contributed by atoms with Crippen molar-refractivity contribution in [2.45, 2.75) is 46.1 Å². The number of nitrogens with one attached hydrogen (secondary N) is 1. The number of benzene rings is 2. The second-order valence-corrected chi connectivity index (χ2v) is 9.44. The molecule has 0 radical (unpaired) electrons. The number of halogens is 1. The van der Waals surface area contributed by atoms with Gasteiger partial charge in [-0.3, -0.25) is 9.10 Å². The van der Waals surface area contributed by atoms with E-state index in [-0.39, 0.29) is 11.8 Å². The van der Waals surface area contributed by atoms with Crippen molar-refractivity contribution >= 4 is 38.9 Å². The molecule has 2 aromatic rings. The lowest BCUT2D eigenvalue weighted by Crippen LogP contribution is -2.47. The van der Waals surface area contributed by atoms with Crippen molar-refractivity contribution in [3.8, 4) is 0 Å². The van der Waals surface area contributed by atoms with Gasteiger partial charge in [0, 0.05) is 10.7 Å². The van der Waals surface area contributed by atoms with Crippen LogP contribution < -0.4 is 9.62 Å². The Labute approximate surface area is 172 Å². The molecular weight excluding hydrogens is 396 g/mol. The number of para-hydroxylation sites is 1. The normalized spacial score (nSPS) is 12.7. The quantitative estimate of drug-likeness (QED) is 0.686. The van der Waals surface area contributed by atoms with Gasteiger partial charge in [0.15, 0.2) is 0 Å². The van der Waals surface area contributed by atoms with Crippen molar-refractivity contribution in [3.05, 3.63) is 58.6 Å². The number of hydrogen-bond donors (Lipinski definition) is 1. The van der Waals surface area contributed by atoms with Crippen molar-refractivity contribution in [1.29, 1.82) is 0 Å². The third-order valence-corrected chi connectivity index (χ3v) is 5.98. The van der Waals surface area contributed by atoms with Gasteiger partial charge in [-0.25, -0.2) is 8.42 Å². The Morgan fingerprint density at radius 1 is 1.18 bits per heavy atom. The molecule has 0 heterocycles. The minimum absolute atomic E-state index is 0.217. The average molecular weight is 423 g/mol. The number of aryl methyl sites for hydroxylation is 1. The zero-order chi connectivity index (χ0) is 21.1. The Morgan fingerprint density at radius 3 is 2.36 bits per heavy atom. The molecule has 1 N–H and O–H groups in total. The Morgan fingerprint density at radius 2 is 1.82 bits per heavy atom. The van der Waals surface area contributed by atoms with Crippen molar-refractivity contribution in [3.63, 3.8) is 0 Å². The van der Waals surface area contributed by atoms with Crippen molar-refractivity contribution in [1.82, 2.24) is 0 Å². The summed E-state index contributed by atoms with van der Waals surface area (Å²) < 4.78 is 26.2. The second-order valence-electron chi connectivity index (χ2n) is 7.15. The Hall–Kier alpha value is -2.05. The SMILES string of the molecule is CC[C@H](C(=O)Nc1c(C)cccc1C(C)C)N(c1cccc(Cl)c1)S(C)(=O)=O. The third kappa shape index (κ3) is 5.06. The molecule has 0 aliphatic rings. The van der Waals surface area contributed by atoms with E-state index in [9.17, 15) is 13.2 Å². The predicted molar refractivity (Wildman–Crippen MR) is 117 cm³/mol. The minimum atomic E-state index is -3.71. The van der Waals surface area contributed by atoms with E-state index in [1.165, 1.54) is 0 Å². The van der Waals surface area contributed by atoms with Gasteiger partial charge in [-0.1, -0.05) is 56.6 Å². The van der Waals surface area contributed by atoms with Gasteiger partial charge in [-0.15, -0.1) is 0 Å². The van der Waals surface area contributed by atoms with Gasteiger partial charge in [-0.05, 0) is 48.6 Å². The van der Waals surface area contributed by atoms with Crippen molar-refractivity contribution in [2.75, 3.05) is 15.9 Å². The fraction of sp³-hybridized carbons (Fsp3) is 0.381. The van der Waals surface area contributed by atoms with Gasteiger partial charge in [0.05, 0.1) is 11.9 Å². The zero-order valence-electron chi connectivity index (χ0n) is 16.9. The van der Waals surface area contributed by atoms with Crippen LogP contribution in [0.3, 0.4) is 0 Å². The molecule has 0 unspecified atom stereocenters. The molecule has 0 aromatic heterocycles. The molecule has 1 amide bonds. The van der Waals surface area contributed by atoms with Crippen molar-refractivity contribution < 1.29 is 13.2 Å². The van der Waals surface area contributed by atoms with Crippen molar-refractivity contribution in [2.24, 2.45) is 0 Å². The predicted octanol–water partition coefficient (Wildman–Crippen LogP) is 4.96. The van der Waals surface area contributed by atoms with E-state index in [2.05, 4.69) is 19.2 Å². The van der Waals surface area contributed by atoms with Crippen LogP contribution in [0.25, 0.3) is 0 Å². The minimum Gasteiger partial charge on any atom is -0.324 e. The van der Waals surface area contributed by atoms with Crippen LogP contribution in [0.2, 0.25) is 5.02 Å². The zero-order valence-corrected chi connectivity index (χ0v) is 18.4. The number of carbonyl (C=O) groups excluding carboxylic acids is 1. The average Bonchev–Trinajstić information content (AvgIpc) is 2.59. The highest BCUT2D eigenvalue weighted by Gasteiger charge is 2.32. The van der Waals surface area contributed by atoms with Crippen LogP contribution in [-0.4, -0.2) is 26.6 Å². The summed E-state index contributed by atoms with van der Waals surface area (Å²) in [6, 6.07) is 11.5. The number of sulfonamides is 1. The van der Waals surface area contributed by atoms with E-state index < -0.39 is 16.1 Å². The van der Waals surface area contributed by atoms with E-state index >= 15 is 0 Å². The number of hydrogen-bond acceptors (Lipinski definition) is 3. The Bertz CT molecular complexity index is 958. The van der Waals surface area contributed by atoms with Crippen LogP contribution >= 0.6 is 11.6 Å². The summed E-state index contributed by atoms with van der Waals surface area (Å²) in [5.41, 5.74) is 3.05. The molecule has 0 bridgehead atoms. The van der Waals surface area contributed by atoms with Gasteiger partial charge in [-0.2, -0.15) is 0 Å². The van der Waals surface area contributed by atoms with Crippen LogP contribution in [0.15, 0.2) is 42.5 Å². The smallest absolute Gasteiger partial charge is 0.248 e. The highest BCUT2D eigenvalue weighted by atomic mass is 35.5. The maximum Gasteiger partial charge on any atom is 0.248 e. The summed E-state index contributed by atoms with van der Waals surface area (Å²) in [6.45, 7) is 7.81. The lowest BCUT2D eigenvalue weighted by molar-refractivity contribution is -0.117. The summed E-state index contributed by atoms with van der Waals surface area (Å²) >= 11 is 6.05. The summed E-state index contributed by atoms with van der Waals surface area (Å²) in [5, 5.41) is 3.38. The van der Waals surface area contributed by atoms with Crippen LogP contribution in [0.5, 0.6) is 0 Å². The topological polar surface area (TPSA) is 66.5 Å². The summed E-state index contributed by atoms with van der Waals surface area (Å²) in [7, 11) is -3.71. The third-order valence-electron chi connectivity index (χ3n) is 4.57. The number of amides is 1. The molecule has 0 saturated heterocycles. The molecule has 5 nitrogen and oxygen atoms in total. The number of anilines is 2. The standard InChI is InChI=1S/C21H27ClN2O3S/c1-6-19(24(28(5,26)27)17-11-8-10-16(22)13-17)21(25)23-20-15(4)9-7-12-18(20)14(2)3/h7-14,19H,6H2,1-5H3,(H,23,25)/t19-/m1/s1. The van der Waals surface area contributed by atoms with Gasteiger partial charge in [0.2, 0.25) is 15.9 Å². The molecular formula is C21H27ClN2O3S. The molecule has 2 aromatic carbocycles. The first-order valence-corrected chi connectivity index (χ1v) is 11.4. The highest BCUT2D eigenvalue weighted by Crippen LogP contribution is 2.30. The molecule has 0 aliphatic heterocycles. The molecule has 1 atom stereocenters. The van der Waals surface area contributed by atoms with Gasteiger partial charge < -0.3 is 5.32 Å². The summed E-state index contributed by atoms with van der Waals surface area (Å²) in [4.78, 5) is 13.2. The molecule has 152 valence electrons. The molecule has 0 spiro atoms. The molecule has 28 heavy (non-hydrogen) atoms. The highest BCUT2D eigenvalue weighted by molar-refractivity contribution is 7.92. The number of rotatable bonds is 7. The number of nitrogens with zero attached hydrogens (tertiary/aromatic N) is 1. The van der Waals surface area contributed by atoms with Crippen LogP contribution in [-0.2, 0) is 14.8 Å². The second kappa shape index (κ2) is 8.97. The molecule has 7 heteroatoms. The van der Waals surface area contributed by atoms with Crippen LogP contribution in [0.1, 0.15) is 44.2 Å². The van der Waals surface area contributed by atoms with Gasteiger partial charge in [0.1, 0.15) is 6.04 Å². The fourth-order valence-electron chi connectivity index (χ4n) is 3.22. The monoisotopic (exact) mass is 422 g/mol. The van der Waals surface area contributed by atoms with E-state index in [4.69, 9.17) is 11.6 Å². The number of carbonyl (C=O) groups is 1. The van der Waals surface area contributed by atoms with Crippen LogP contribution in [0.4, 0.5) is 11.4 Å². The molecule has 0 fully saturated rings. The maximum atomic E-state index is 13.2. The molecule has 0 aliphatic carbocycles. The largest absolute Gasteiger partial charge is 0.324 e. The molecule has 0 saturated carbocycles. The lowest BCUT2D eigenvalue weighted by Gasteiger charge is -2.30. The first kappa shape index (κ1) is 22.2. The first-order valence-electron chi connectivity index (χ1n) is 9.21. The van der Waals surface area contributed by atoms with Crippen LogP contribution in [0, 0.1) is 6.92 Å². The van der Waals surface area contributed by atoms with E-state index in [0.29, 0.717) is 17.1 Å². The summed E-state index contributed by atoms with van der Waals surface area (Å²) in [6.07, 6.45) is 1.41.